The van der Waals surface area contributed by atoms with Gasteiger partial charge in [0.1, 0.15) is 0 Å². The van der Waals surface area contributed by atoms with Gasteiger partial charge < -0.3 is 10.2 Å². The lowest BCUT2D eigenvalue weighted by Gasteiger charge is -2.28. The van der Waals surface area contributed by atoms with Crippen LogP contribution >= 0.6 is 11.3 Å². The van der Waals surface area contributed by atoms with E-state index in [2.05, 4.69) is 17.4 Å². The van der Waals surface area contributed by atoms with Crippen LogP contribution in [0.1, 0.15) is 28.8 Å². The Hall–Kier alpha value is -2.14. The number of hydrogen-bond acceptors (Lipinski definition) is 3. The zero-order valence-corrected chi connectivity index (χ0v) is 13.8. The smallest absolute Gasteiger partial charge is 0.223 e. The van der Waals surface area contributed by atoms with Gasteiger partial charge in [0.25, 0.3) is 0 Å². The fraction of sp³-hybridized carbons (Fsp3) is 0.333. The van der Waals surface area contributed by atoms with Gasteiger partial charge in [0, 0.05) is 30.8 Å². The fourth-order valence-corrected chi connectivity index (χ4v) is 3.42. The van der Waals surface area contributed by atoms with Crippen molar-refractivity contribution in [3.63, 3.8) is 0 Å². The normalized spacial score (nSPS) is 13.5. The molecule has 120 valence electrons. The summed E-state index contributed by atoms with van der Waals surface area (Å²) < 4.78 is 0. The lowest BCUT2D eigenvalue weighted by atomic mass is 9.99. The lowest BCUT2D eigenvalue weighted by Crippen LogP contribution is -2.36. The van der Waals surface area contributed by atoms with Gasteiger partial charge in [-0.15, -0.1) is 11.3 Å². The van der Waals surface area contributed by atoms with Crippen LogP contribution in [0.2, 0.25) is 0 Å². The summed E-state index contributed by atoms with van der Waals surface area (Å²) in [6.07, 6.45) is 1.42. The highest BCUT2D eigenvalue weighted by Gasteiger charge is 2.20. The molecule has 3 rings (SSSR count). The molecule has 1 aromatic carbocycles. The van der Waals surface area contributed by atoms with Gasteiger partial charge in [0.05, 0.1) is 6.54 Å². The molecule has 0 saturated carbocycles. The van der Waals surface area contributed by atoms with Crippen LogP contribution in [0.4, 0.5) is 0 Å². The maximum Gasteiger partial charge on any atom is 0.223 e. The number of amides is 2. The Labute approximate surface area is 140 Å². The summed E-state index contributed by atoms with van der Waals surface area (Å²) in [7, 11) is 0. The number of carbonyl (C=O) groups is 2. The zero-order chi connectivity index (χ0) is 16.1. The van der Waals surface area contributed by atoms with Gasteiger partial charge in [-0.25, -0.2) is 0 Å². The van der Waals surface area contributed by atoms with E-state index < -0.39 is 0 Å². The van der Waals surface area contributed by atoms with Crippen molar-refractivity contribution in [3.8, 4) is 0 Å². The molecule has 1 aromatic heterocycles. The zero-order valence-electron chi connectivity index (χ0n) is 13.0. The lowest BCUT2D eigenvalue weighted by molar-refractivity contribution is -0.134. The molecule has 0 aliphatic carbocycles. The molecule has 4 nitrogen and oxygen atoms in total. The minimum atomic E-state index is -0.0656. The topological polar surface area (TPSA) is 49.4 Å². The predicted octanol–water partition coefficient (Wildman–Crippen LogP) is 2.73. The van der Waals surface area contributed by atoms with Crippen molar-refractivity contribution in [2.75, 3.05) is 6.54 Å². The van der Waals surface area contributed by atoms with E-state index in [9.17, 15) is 9.59 Å². The standard InChI is InChI=1S/C18H20N2O2S/c21-17(19-12-16-6-3-11-23-16)7-8-18(22)20-10-9-14-4-1-2-5-15(14)13-20/h1-6,11H,7-10,12-13H2,(H,19,21). The molecule has 2 amide bonds. The molecule has 0 spiro atoms. The van der Waals surface area contributed by atoms with Crippen molar-refractivity contribution in [1.82, 2.24) is 10.2 Å². The number of rotatable bonds is 5. The molecule has 0 saturated heterocycles. The molecule has 2 heterocycles. The first-order chi connectivity index (χ1) is 11.2. The van der Waals surface area contributed by atoms with Crippen LogP contribution in [-0.4, -0.2) is 23.3 Å². The molecular formula is C18H20N2O2S. The van der Waals surface area contributed by atoms with Gasteiger partial charge in [0.15, 0.2) is 0 Å². The van der Waals surface area contributed by atoms with Crippen molar-refractivity contribution in [1.29, 1.82) is 0 Å². The van der Waals surface area contributed by atoms with Crippen molar-refractivity contribution in [3.05, 3.63) is 57.8 Å². The van der Waals surface area contributed by atoms with E-state index >= 15 is 0 Å². The number of carbonyl (C=O) groups excluding carboxylic acids is 2. The Kier molecular flexibility index (Phi) is 5.08. The van der Waals surface area contributed by atoms with Gasteiger partial charge in [-0.05, 0) is 29.0 Å². The predicted molar refractivity (Wildman–Crippen MR) is 91.0 cm³/mol. The number of nitrogens with zero attached hydrogens (tertiary/aromatic N) is 1. The Morgan fingerprint density at radius 1 is 1.09 bits per heavy atom. The second-order valence-corrected chi connectivity index (χ2v) is 6.72. The van der Waals surface area contributed by atoms with Crippen LogP contribution in [0.15, 0.2) is 41.8 Å². The van der Waals surface area contributed by atoms with Gasteiger partial charge in [-0.2, -0.15) is 0 Å². The summed E-state index contributed by atoms with van der Waals surface area (Å²) >= 11 is 1.62. The molecule has 1 aliphatic heterocycles. The second-order valence-electron chi connectivity index (χ2n) is 5.69. The van der Waals surface area contributed by atoms with Crippen LogP contribution in [0, 0.1) is 0 Å². The first kappa shape index (κ1) is 15.7. The average molecular weight is 328 g/mol. The van der Waals surface area contributed by atoms with Gasteiger partial charge in [-0.3, -0.25) is 9.59 Å². The fourth-order valence-electron chi connectivity index (χ4n) is 2.77. The average Bonchev–Trinajstić information content (AvgIpc) is 3.11. The van der Waals surface area contributed by atoms with Crippen LogP contribution in [0.25, 0.3) is 0 Å². The third-order valence-corrected chi connectivity index (χ3v) is 4.97. The Balaban J connectivity index is 1.44. The van der Waals surface area contributed by atoms with E-state index in [0.29, 0.717) is 13.1 Å². The molecular weight excluding hydrogens is 308 g/mol. The highest BCUT2D eigenvalue weighted by atomic mass is 32.1. The number of hydrogen-bond donors (Lipinski definition) is 1. The monoisotopic (exact) mass is 328 g/mol. The number of thiophene rings is 1. The van der Waals surface area contributed by atoms with E-state index in [1.165, 1.54) is 11.1 Å². The van der Waals surface area contributed by atoms with Crippen molar-refractivity contribution in [2.24, 2.45) is 0 Å². The minimum absolute atomic E-state index is 0.0609. The largest absolute Gasteiger partial charge is 0.351 e. The Bertz CT molecular complexity index is 682. The Morgan fingerprint density at radius 2 is 1.91 bits per heavy atom. The summed E-state index contributed by atoms with van der Waals surface area (Å²) in [5, 5.41) is 4.85. The van der Waals surface area contributed by atoms with E-state index in [4.69, 9.17) is 0 Å². The van der Waals surface area contributed by atoms with Crippen LogP contribution < -0.4 is 5.32 Å². The molecule has 2 aromatic rings. The molecule has 1 aliphatic rings. The van der Waals surface area contributed by atoms with Crippen molar-refractivity contribution >= 4 is 23.2 Å². The van der Waals surface area contributed by atoms with Crippen LogP contribution in [-0.2, 0) is 29.1 Å². The third kappa shape index (κ3) is 4.20. The summed E-state index contributed by atoms with van der Waals surface area (Å²) in [6.45, 7) is 1.94. The molecule has 0 bridgehead atoms. The van der Waals surface area contributed by atoms with Crippen molar-refractivity contribution < 1.29 is 9.59 Å². The molecule has 1 N–H and O–H groups in total. The molecule has 5 heteroatoms. The van der Waals surface area contributed by atoms with Gasteiger partial charge >= 0.3 is 0 Å². The van der Waals surface area contributed by atoms with E-state index in [1.54, 1.807) is 11.3 Å². The van der Waals surface area contributed by atoms with Crippen LogP contribution in [0.5, 0.6) is 0 Å². The maximum atomic E-state index is 12.3. The molecule has 0 atom stereocenters. The summed E-state index contributed by atoms with van der Waals surface area (Å²) in [4.78, 5) is 27.1. The number of benzene rings is 1. The first-order valence-electron chi connectivity index (χ1n) is 7.86. The second kappa shape index (κ2) is 7.42. The molecule has 0 radical (unpaired) electrons. The minimum Gasteiger partial charge on any atom is -0.351 e. The highest BCUT2D eigenvalue weighted by molar-refractivity contribution is 7.09. The van der Waals surface area contributed by atoms with Gasteiger partial charge in [-0.1, -0.05) is 30.3 Å². The molecule has 0 fully saturated rings. The van der Waals surface area contributed by atoms with E-state index in [0.717, 1.165) is 17.8 Å². The molecule has 23 heavy (non-hydrogen) atoms. The third-order valence-electron chi connectivity index (χ3n) is 4.09. The highest BCUT2D eigenvalue weighted by Crippen LogP contribution is 2.19. The quantitative estimate of drug-likeness (QED) is 0.917. The summed E-state index contributed by atoms with van der Waals surface area (Å²) in [5.41, 5.74) is 2.54. The SMILES string of the molecule is O=C(CCC(=O)N1CCc2ccccc2C1)NCc1cccs1. The van der Waals surface area contributed by atoms with E-state index in [-0.39, 0.29) is 24.7 Å². The number of nitrogens with one attached hydrogen (secondary N) is 1. The van der Waals surface area contributed by atoms with Gasteiger partial charge in [0.2, 0.25) is 11.8 Å². The number of fused-ring (bicyclic) bond motifs is 1. The summed E-state index contributed by atoms with van der Waals surface area (Å²) in [5.74, 6) is -0.00469. The van der Waals surface area contributed by atoms with E-state index in [1.807, 2.05) is 34.5 Å². The maximum absolute atomic E-state index is 12.3. The first-order valence-corrected chi connectivity index (χ1v) is 8.74. The van der Waals surface area contributed by atoms with Crippen molar-refractivity contribution in [2.45, 2.75) is 32.4 Å². The Morgan fingerprint density at radius 3 is 2.70 bits per heavy atom. The molecule has 0 unspecified atom stereocenters. The van der Waals surface area contributed by atoms with Crippen LogP contribution in [0.3, 0.4) is 0 Å². The summed E-state index contributed by atoms with van der Waals surface area (Å²) in [6, 6.07) is 12.2.